The fourth-order valence-corrected chi connectivity index (χ4v) is 4.69. The Morgan fingerprint density at radius 1 is 1.03 bits per heavy atom. The average molecular weight is 506 g/mol. The fraction of sp³-hybridized carbons (Fsp3) is 0.414. The van der Waals surface area contributed by atoms with E-state index in [1.54, 1.807) is 60.5 Å². The summed E-state index contributed by atoms with van der Waals surface area (Å²) in [6, 6.07) is 12.6. The Bertz CT molecular complexity index is 1130. The van der Waals surface area contributed by atoms with Gasteiger partial charge in [0.25, 0.3) is 5.91 Å². The maximum Gasteiger partial charge on any atom is 0.332 e. The third kappa shape index (κ3) is 6.50. The zero-order valence-electron chi connectivity index (χ0n) is 21.6. The number of allylic oxidation sites excluding steroid dienone is 1. The smallest absolute Gasteiger partial charge is 0.332 e. The monoisotopic (exact) mass is 505 g/mol. The van der Waals surface area contributed by atoms with Gasteiger partial charge in [-0.05, 0) is 87.1 Å². The van der Waals surface area contributed by atoms with Crippen LogP contribution in [0, 0.1) is 0 Å². The quantitative estimate of drug-likeness (QED) is 0.320. The van der Waals surface area contributed by atoms with Gasteiger partial charge in [-0.1, -0.05) is 18.6 Å². The standard InChI is InChI=1S/C29H35N3O5/c1-3-19-37-25-13-9-22(10-14-25)30-27(33)20-26-28(34)32(23-11-15-24(36-2)16-12-23)29(35)31(26)18-17-21-7-5-4-6-8-21/h7,9-16,26H,3-6,8,17-20H2,1-2H3,(H,30,33). The lowest BCUT2D eigenvalue weighted by Crippen LogP contribution is -2.38. The van der Waals surface area contributed by atoms with Crippen LogP contribution in [0.25, 0.3) is 0 Å². The first-order valence-corrected chi connectivity index (χ1v) is 13.0. The molecule has 4 amide bonds. The van der Waals surface area contributed by atoms with Gasteiger partial charge in [-0.2, -0.15) is 0 Å². The highest BCUT2D eigenvalue weighted by Crippen LogP contribution is 2.30. The molecule has 2 aromatic carbocycles. The molecule has 4 rings (SSSR count). The number of methoxy groups -OCH3 is 1. The van der Waals surface area contributed by atoms with E-state index in [2.05, 4.69) is 11.4 Å². The van der Waals surface area contributed by atoms with Crippen molar-refractivity contribution in [2.24, 2.45) is 0 Å². The van der Waals surface area contributed by atoms with E-state index in [1.165, 1.54) is 16.9 Å². The van der Waals surface area contributed by atoms with Crippen LogP contribution in [-0.2, 0) is 9.59 Å². The summed E-state index contributed by atoms with van der Waals surface area (Å²) in [4.78, 5) is 42.6. The number of hydrogen-bond donors (Lipinski definition) is 1. The van der Waals surface area contributed by atoms with Crippen LogP contribution in [-0.4, -0.2) is 49.0 Å². The van der Waals surface area contributed by atoms with Crippen LogP contribution < -0.4 is 19.7 Å². The highest BCUT2D eigenvalue weighted by molar-refractivity contribution is 6.22. The van der Waals surface area contributed by atoms with E-state index in [9.17, 15) is 14.4 Å². The maximum atomic E-state index is 13.5. The van der Waals surface area contributed by atoms with E-state index in [4.69, 9.17) is 9.47 Å². The second kappa shape index (κ2) is 12.4. The van der Waals surface area contributed by atoms with Gasteiger partial charge < -0.3 is 19.7 Å². The number of benzene rings is 2. The number of carbonyl (C=O) groups excluding carboxylic acids is 3. The van der Waals surface area contributed by atoms with E-state index in [0.717, 1.165) is 31.4 Å². The lowest BCUT2D eigenvalue weighted by Gasteiger charge is -2.23. The van der Waals surface area contributed by atoms with Crippen LogP contribution in [0.4, 0.5) is 16.2 Å². The SMILES string of the molecule is CCCOc1ccc(NC(=O)CC2C(=O)N(c3ccc(OC)cc3)C(=O)N2CCC2=CCCCC2)cc1. The Labute approximate surface area is 218 Å². The molecule has 1 aliphatic heterocycles. The first kappa shape index (κ1) is 26.3. The zero-order valence-corrected chi connectivity index (χ0v) is 21.6. The number of rotatable bonds is 11. The molecule has 8 heteroatoms. The number of amides is 4. The summed E-state index contributed by atoms with van der Waals surface area (Å²) < 4.78 is 10.8. The normalized spacial score (nSPS) is 17.6. The Hall–Kier alpha value is -3.81. The minimum Gasteiger partial charge on any atom is -0.497 e. The molecule has 1 fully saturated rings. The molecule has 37 heavy (non-hydrogen) atoms. The highest BCUT2D eigenvalue weighted by atomic mass is 16.5. The molecule has 2 aliphatic rings. The van der Waals surface area contributed by atoms with Gasteiger partial charge in [-0.25, -0.2) is 9.69 Å². The van der Waals surface area contributed by atoms with Gasteiger partial charge in [0.1, 0.15) is 17.5 Å². The van der Waals surface area contributed by atoms with Crippen molar-refractivity contribution in [3.05, 3.63) is 60.2 Å². The molecule has 2 aromatic rings. The molecule has 196 valence electrons. The van der Waals surface area contributed by atoms with Gasteiger partial charge in [0, 0.05) is 12.2 Å². The lowest BCUT2D eigenvalue weighted by atomic mass is 9.97. The molecule has 1 saturated heterocycles. The minimum atomic E-state index is -0.869. The number of ether oxygens (including phenoxy) is 2. The van der Waals surface area contributed by atoms with Gasteiger partial charge in [0.05, 0.1) is 25.8 Å². The van der Waals surface area contributed by atoms with Crippen LogP contribution in [0.5, 0.6) is 11.5 Å². The molecule has 1 N–H and O–H groups in total. The molecule has 1 aliphatic carbocycles. The minimum absolute atomic E-state index is 0.121. The van der Waals surface area contributed by atoms with Gasteiger partial charge >= 0.3 is 6.03 Å². The van der Waals surface area contributed by atoms with E-state index in [0.29, 0.717) is 36.7 Å². The molecular formula is C29H35N3O5. The van der Waals surface area contributed by atoms with Gasteiger partial charge in [0.15, 0.2) is 0 Å². The number of hydrogen-bond acceptors (Lipinski definition) is 5. The van der Waals surface area contributed by atoms with Crippen molar-refractivity contribution >= 4 is 29.2 Å². The topological polar surface area (TPSA) is 88.2 Å². The molecule has 8 nitrogen and oxygen atoms in total. The zero-order chi connectivity index (χ0) is 26.2. The van der Waals surface area contributed by atoms with E-state index in [1.807, 2.05) is 6.92 Å². The number of anilines is 2. The van der Waals surface area contributed by atoms with Crippen molar-refractivity contribution in [1.29, 1.82) is 0 Å². The first-order valence-electron chi connectivity index (χ1n) is 13.0. The number of nitrogens with one attached hydrogen (secondary N) is 1. The highest BCUT2D eigenvalue weighted by Gasteiger charge is 2.46. The number of urea groups is 1. The second-order valence-electron chi connectivity index (χ2n) is 9.35. The maximum absolute atomic E-state index is 13.5. The second-order valence-corrected chi connectivity index (χ2v) is 9.35. The predicted molar refractivity (Wildman–Crippen MR) is 143 cm³/mol. The summed E-state index contributed by atoms with van der Waals surface area (Å²) in [7, 11) is 1.56. The number of nitrogens with zero attached hydrogens (tertiary/aromatic N) is 2. The largest absolute Gasteiger partial charge is 0.497 e. The summed E-state index contributed by atoms with van der Waals surface area (Å²) in [6.45, 7) is 3.06. The van der Waals surface area contributed by atoms with E-state index < -0.39 is 18.0 Å². The Balaban J connectivity index is 1.48. The van der Waals surface area contributed by atoms with Crippen molar-refractivity contribution in [3.63, 3.8) is 0 Å². The molecule has 0 spiro atoms. The van der Waals surface area contributed by atoms with Gasteiger partial charge in [-0.15, -0.1) is 0 Å². The van der Waals surface area contributed by atoms with Crippen LogP contribution in [0.1, 0.15) is 51.9 Å². The molecule has 1 heterocycles. The van der Waals surface area contributed by atoms with E-state index in [-0.39, 0.29) is 12.3 Å². The Morgan fingerprint density at radius 3 is 2.41 bits per heavy atom. The van der Waals surface area contributed by atoms with Crippen molar-refractivity contribution in [1.82, 2.24) is 4.90 Å². The summed E-state index contributed by atoms with van der Waals surface area (Å²) in [5, 5.41) is 2.85. The molecule has 0 radical (unpaired) electrons. The first-order chi connectivity index (χ1) is 18.0. The molecule has 0 aromatic heterocycles. The summed E-state index contributed by atoms with van der Waals surface area (Å²) in [5.41, 5.74) is 2.38. The van der Waals surface area contributed by atoms with Gasteiger partial charge in [-0.3, -0.25) is 9.59 Å². The Morgan fingerprint density at radius 2 is 1.76 bits per heavy atom. The summed E-state index contributed by atoms with van der Waals surface area (Å²) in [6.07, 6.45) is 8.12. The number of carbonyl (C=O) groups is 3. The third-order valence-corrected chi connectivity index (χ3v) is 6.70. The lowest BCUT2D eigenvalue weighted by molar-refractivity contribution is -0.124. The van der Waals surface area contributed by atoms with Crippen molar-refractivity contribution in [3.8, 4) is 11.5 Å². The molecule has 0 bridgehead atoms. The summed E-state index contributed by atoms with van der Waals surface area (Å²) >= 11 is 0. The van der Waals surface area contributed by atoms with Crippen LogP contribution in [0.3, 0.4) is 0 Å². The molecule has 1 unspecified atom stereocenters. The van der Waals surface area contributed by atoms with Crippen molar-refractivity contribution in [2.75, 3.05) is 30.5 Å². The molecular weight excluding hydrogens is 470 g/mol. The molecule has 0 saturated carbocycles. The average Bonchev–Trinajstić information content (AvgIpc) is 3.15. The third-order valence-electron chi connectivity index (χ3n) is 6.70. The van der Waals surface area contributed by atoms with Gasteiger partial charge in [0.2, 0.25) is 5.91 Å². The van der Waals surface area contributed by atoms with Crippen LogP contribution in [0.15, 0.2) is 60.2 Å². The Kier molecular flexibility index (Phi) is 8.82. The summed E-state index contributed by atoms with van der Waals surface area (Å²) in [5.74, 6) is 0.638. The van der Waals surface area contributed by atoms with Crippen molar-refractivity contribution in [2.45, 2.75) is 57.9 Å². The predicted octanol–water partition coefficient (Wildman–Crippen LogP) is 5.54. The van der Waals surface area contributed by atoms with E-state index >= 15 is 0 Å². The van der Waals surface area contributed by atoms with Crippen LogP contribution in [0.2, 0.25) is 0 Å². The van der Waals surface area contributed by atoms with Crippen LogP contribution >= 0.6 is 0 Å². The van der Waals surface area contributed by atoms with Crippen molar-refractivity contribution < 1.29 is 23.9 Å². The fourth-order valence-electron chi connectivity index (χ4n) is 4.69. The molecule has 1 atom stereocenters. The number of imide groups is 1.